The second kappa shape index (κ2) is 12.8. The summed E-state index contributed by atoms with van der Waals surface area (Å²) in [5, 5.41) is 3.31. The number of carbonyl (C=O) groups is 2. The normalized spacial score (nSPS) is 14.9. The number of hydrogen-bond acceptors (Lipinski definition) is 4. The van der Waals surface area contributed by atoms with Crippen LogP contribution in [0.2, 0.25) is 10.0 Å². The van der Waals surface area contributed by atoms with Crippen LogP contribution in [0.15, 0.2) is 48.5 Å². The van der Waals surface area contributed by atoms with Crippen LogP contribution in [0, 0.1) is 0 Å². The van der Waals surface area contributed by atoms with Crippen LogP contribution < -0.4 is 9.62 Å². The molecule has 1 fully saturated rings. The second-order valence-corrected chi connectivity index (χ2v) is 11.8. The highest BCUT2D eigenvalue weighted by Crippen LogP contribution is 2.33. The molecule has 1 N–H and O–H groups in total. The molecule has 0 bridgehead atoms. The Balaban J connectivity index is 1.89. The largest absolute Gasteiger partial charge is 0.352 e. The summed E-state index contributed by atoms with van der Waals surface area (Å²) in [6.07, 6.45) is 5.93. The number of hydrogen-bond donors (Lipinski definition) is 1. The minimum Gasteiger partial charge on any atom is -0.352 e. The zero-order valence-corrected chi connectivity index (χ0v) is 23.0. The summed E-state index contributed by atoms with van der Waals surface area (Å²) in [4.78, 5) is 28.5. The molecule has 7 nitrogen and oxygen atoms in total. The summed E-state index contributed by atoms with van der Waals surface area (Å²) in [5.41, 5.74) is 1.13. The lowest BCUT2D eigenvalue weighted by atomic mass is 10.1. The van der Waals surface area contributed by atoms with E-state index in [0.717, 1.165) is 41.8 Å². The van der Waals surface area contributed by atoms with Crippen LogP contribution in [-0.4, -0.2) is 56.6 Å². The molecule has 0 heterocycles. The summed E-state index contributed by atoms with van der Waals surface area (Å²) in [5.74, 6) is -0.696. The smallest absolute Gasteiger partial charge is 0.244 e. The zero-order valence-electron chi connectivity index (χ0n) is 20.6. The SMILES string of the molecule is CC[C@H](C(=O)NC1CCCC1)N(CCc1ccccc1)C(=O)CN(c1cccc(Cl)c1Cl)S(C)(=O)=O. The van der Waals surface area contributed by atoms with Gasteiger partial charge in [0.05, 0.1) is 22.0 Å². The van der Waals surface area contributed by atoms with E-state index in [2.05, 4.69) is 5.32 Å². The molecule has 0 radical (unpaired) electrons. The molecule has 10 heteroatoms. The predicted molar refractivity (Wildman–Crippen MR) is 145 cm³/mol. The molecule has 2 amide bonds. The Morgan fingerprint density at radius 3 is 2.33 bits per heavy atom. The summed E-state index contributed by atoms with van der Waals surface area (Å²) in [6.45, 7) is 1.62. The maximum atomic E-state index is 13.7. The molecule has 196 valence electrons. The number of carbonyl (C=O) groups excluding carboxylic acids is 2. The second-order valence-electron chi connectivity index (χ2n) is 9.08. The van der Waals surface area contributed by atoms with Gasteiger partial charge in [0, 0.05) is 12.6 Å². The number of sulfonamides is 1. The van der Waals surface area contributed by atoms with Crippen molar-refractivity contribution in [3.8, 4) is 0 Å². The van der Waals surface area contributed by atoms with Crippen molar-refractivity contribution in [2.75, 3.05) is 23.7 Å². The van der Waals surface area contributed by atoms with Gasteiger partial charge in [0.15, 0.2) is 0 Å². The van der Waals surface area contributed by atoms with E-state index in [0.29, 0.717) is 12.8 Å². The first kappa shape index (κ1) is 28.3. The van der Waals surface area contributed by atoms with Crippen LogP contribution in [-0.2, 0) is 26.0 Å². The number of anilines is 1. The fourth-order valence-corrected chi connectivity index (χ4v) is 5.85. The van der Waals surface area contributed by atoms with Crippen molar-refractivity contribution in [1.82, 2.24) is 10.2 Å². The van der Waals surface area contributed by atoms with Gasteiger partial charge >= 0.3 is 0 Å². The molecule has 1 atom stereocenters. The summed E-state index contributed by atoms with van der Waals surface area (Å²) >= 11 is 12.4. The lowest BCUT2D eigenvalue weighted by molar-refractivity contribution is -0.139. The van der Waals surface area contributed by atoms with Crippen LogP contribution in [0.25, 0.3) is 0 Å². The van der Waals surface area contributed by atoms with Gasteiger partial charge in [-0.3, -0.25) is 13.9 Å². The summed E-state index contributed by atoms with van der Waals surface area (Å²) in [6, 6.07) is 13.7. The number of rotatable bonds is 11. The van der Waals surface area contributed by atoms with E-state index in [1.807, 2.05) is 37.3 Å². The standard InChI is InChI=1S/C26H33Cl2N3O4S/c1-3-22(26(33)29-20-12-7-8-13-20)30(17-16-19-10-5-4-6-11-19)24(32)18-31(36(2,34)35)23-15-9-14-21(27)25(23)28/h4-6,9-11,14-15,20,22H,3,7-8,12-13,16-18H2,1-2H3,(H,29,33)/t22-/m1/s1. The fourth-order valence-electron chi connectivity index (χ4n) is 4.54. The Hall–Kier alpha value is -2.29. The lowest BCUT2D eigenvalue weighted by Crippen LogP contribution is -2.54. The highest BCUT2D eigenvalue weighted by Gasteiger charge is 2.33. The van der Waals surface area contributed by atoms with Gasteiger partial charge in [-0.15, -0.1) is 0 Å². The van der Waals surface area contributed by atoms with Crippen molar-refractivity contribution in [2.24, 2.45) is 0 Å². The van der Waals surface area contributed by atoms with E-state index >= 15 is 0 Å². The van der Waals surface area contributed by atoms with E-state index in [4.69, 9.17) is 23.2 Å². The third-order valence-electron chi connectivity index (χ3n) is 6.45. The summed E-state index contributed by atoms with van der Waals surface area (Å²) < 4.78 is 26.4. The Morgan fingerprint density at radius 1 is 1.06 bits per heavy atom. The van der Waals surface area contributed by atoms with Crippen molar-refractivity contribution in [3.05, 3.63) is 64.1 Å². The molecule has 2 aromatic carbocycles. The Bertz CT molecular complexity index is 1160. The van der Waals surface area contributed by atoms with Crippen molar-refractivity contribution < 1.29 is 18.0 Å². The monoisotopic (exact) mass is 553 g/mol. The minimum absolute atomic E-state index is 0.0410. The third kappa shape index (κ3) is 7.37. The molecule has 0 unspecified atom stereocenters. The molecule has 1 aliphatic rings. The van der Waals surface area contributed by atoms with Crippen LogP contribution >= 0.6 is 23.2 Å². The van der Waals surface area contributed by atoms with Crippen LogP contribution in [0.3, 0.4) is 0 Å². The molecule has 0 aromatic heterocycles. The Morgan fingerprint density at radius 2 is 1.72 bits per heavy atom. The van der Waals surface area contributed by atoms with Gasteiger partial charge in [0.25, 0.3) is 0 Å². The van der Waals surface area contributed by atoms with Gasteiger partial charge in [0.2, 0.25) is 21.8 Å². The fraction of sp³-hybridized carbons (Fsp3) is 0.462. The molecular weight excluding hydrogens is 521 g/mol. The van der Waals surface area contributed by atoms with Gasteiger partial charge < -0.3 is 10.2 Å². The zero-order chi connectivity index (χ0) is 26.3. The number of benzene rings is 2. The molecule has 36 heavy (non-hydrogen) atoms. The first-order chi connectivity index (χ1) is 17.1. The van der Waals surface area contributed by atoms with Crippen LogP contribution in [0.4, 0.5) is 5.69 Å². The van der Waals surface area contributed by atoms with Crippen LogP contribution in [0.5, 0.6) is 0 Å². The molecule has 2 aromatic rings. The van der Waals surface area contributed by atoms with Crippen molar-refractivity contribution in [1.29, 1.82) is 0 Å². The Kier molecular flexibility index (Phi) is 10.0. The topological polar surface area (TPSA) is 86.8 Å². The van der Waals surface area contributed by atoms with Gasteiger partial charge in [-0.2, -0.15) is 0 Å². The maximum absolute atomic E-state index is 13.7. The average Bonchev–Trinajstić information content (AvgIpc) is 3.35. The maximum Gasteiger partial charge on any atom is 0.244 e. The highest BCUT2D eigenvalue weighted by molar-refractivity contribution is 7.92. The van der Waals surface area contributed by atoms with Crippen LogP contribution in [0.1, 0.15) is 44.6 Å². The van der Waals surface area contributed by atoms with E-state index < -0.39 is 28.5 Å². The summed E-state index contributed by atoms with van der Waals surface area (Å²) in [7, 11) is -3.88. The average molecular weight is 555 g/mol. The molecule has 0 saturated heterocycles. The molecule has 3 rings (SSSR count). The van der Waals surface area contributed by atoms with Crippen molar-refractivity contribution in [2.45, 2.75) is 57.5 Å². The number of amides is 2. The number of halogens is 2. The number of nitrogens with zero attached hydrogens (tertiary/aromatic N) is 2. The highest BCUT2D eigenvalue weighted by atomic mass is 35.5. The Labute approximate surface area is 223 Å². The lowest BCUT2D eigenvalue weighted by Gasteiger charge is -2.33. The first-order valence-electron chi connectivity index (χ1n) is 12.2. The molecular formula is C26H33Cl2N3O4S. The van der Waals surface area contributed by atoms with E-state index in [9.17, 15) is 18.0 Å². The predicted octanol–water partition coefficient (Wildman–Crippen LogP) is 4.67. The number of nitrogens with one attached hydrogen (secondary N) is 1. The molecule has 0 spiro atoms. The van der Waals surface area contributed by atoms with Gasteiger partial charge in [-0.1, -0.05) is 79.4 Å². The van der Waals surface area contributed by atoms with E-state index in [1.54, 1.807) is 12.1 Å². The molecule has 1 saturated carbocycles. The van der Waals surface area contributed by atoms with Gasteiger partial charge in [0.1, 0.15) is 12.6 Å². The van der Waals surface area contributed by atoms with Gasteiger partial charge in [-0.05, 0) is 43.4 Å². The molecule has 0 aliphatic heterocycles. The van der Waals surface area contributed by atoms with E-state index in [-0.39, 0.29) is 34.2 Å². The van der Waals surface area contributed by atoms with Crippen molar-refractivity contribution >= 4 is 50.7 Å². The first-order valence-corrected chi connectivity index (χ1v) is 14.8. The quantitative estimate of drug-likeness (QED) is 0.438. The minimum atomic E-state index is -3.88. The van der Waals surface area contributed by atoms with Gasteiger partial charge in [-0.25, -0.2) is 8.42 Å². The van der Waals surface area contributed by atoms with E-state index in [1.165, 1.54) is 11.0 Å². The molecule has 1 aliphatic carbocycles. The third-order valence-corrected chi connectivity index (χ3v) is 8.39. The van der Waals surface area contributed by atoms with Crippen molar-refractivity contribution in [3.63, 3.8) is 0 Å².